The third-order valence-electron chi connectivity index (χ3n) is 2.43. The first-order valence-corrected chi connectivity index (χ1v) is 7.26. The lowest BCUT2D eigenvalue weighted by Crippen LogP contribution is -2.27. The van der Waals surface area contributed by atoms with Gasteiger partial charge in [0.15, 0.2) is 0 Å². The average Bonchev–Trinajstić information content (AvgIpc) is 2.33. The molecule has 19 heavy (non-hydrogen) atoms. The number of nitrogen functional groups attached to an aromatic ring is 1. The summed E-state index contributed by atoms with van der Waals surface area (Å²) < 4.78 is 30.8. The minimum absolute atomic E-state index is 0.0410. The van der Waals surface area contributed by atoms with Crippen molar-refractivity contribution in [3.05, 3.63) is 22.7 Å². The van der Waals surface area contributed by atoms with Gasteiger partial charge >= 0.3 is 5.97 Å². The van der Waals surface area contributed by atoms with Gasteiger partial charge in [0, 0.05) is 6.54 Å². The number of anilines is 1. The molecule has 3 N–H and O–H groups in total. The number of carbonyl (C=O) groups is 1. The summed E-state index contributed by atoms with van der Waals surface area (Å²) in [5.74, 6) is -0.491. The Morgan fingerprint density at radius 3 is 2.68 bits per heavy atom. The topological polar surface area (TPSA) is 98.5 Å². The molecule has 8 heteroatoms. The minimum Gasteiger partial charge on any atom is -0.469 e. The molecule has 0 saturated heterocycles. The van der Waals surface area contributed by atoms with Crippen LogP contribution in [-0.4, -0.2) is 28.0 Å². The Bertz CT molecular complexity index is 587. The Labute approximate surface area is 116 Å². The van der Waals surface area contributed by atoms with Gasteiger partial charge < -0.3 is 10.5 Å². The van der Waals surface area contributed by atoms with Crippen LogP contribution in [0, 0.1) is 6.92 Å². The van der Waals surface area contributed by atoms with Crippen LogP contribution in [0.4, 0.5) is 5.69 Å². The maximum atomic E-state index is 12.0. The van der Waals surface area contributed by atoms with E-state index in [0.717, 1.165) is 0 Å². The SMILES string of the molecule is COC(=O)CCNS(=O)(=O)c1cc(N)c(Cl)cc1C. The van der Waals surface area contributed by atoms with Gasteiger partial charge in [-0.3, -0.25) is 4.79 Å². The van der Waals surface area contributed by atoms with E-state index in [1.165, 1.54) is 19.2 Å². The van der Waals surface area contributed by atoms with Crippen LogP contribution >= 0.6 is 11.6 Å². The first-order chi connectivity index (χ1) is 8.77. The van der Waals surface area contributed by atoms with Gasteiger partial charge in [-0.2, -0.15) is 0 Å². The molecule has 0 aliphatic heterocycles. The third-order valence-corrected chi connectivity index (χ3v) is 4.36. The molecular weight excluding hydrogens is 292 g/mol. The zero-order valence-corrected chi connectivity index (χ0v) is 12.1. The third kappa shape index (κ3) is 4.09. The van der Waals surface area contributed by atoms with Crippen molar-refractivity contribution in [2.75, 3.05) is 19.4 Å². The lowest BCUT2D eigenvalue weighted by Gasteiger charge is -2.10. The van der Waals surface area contributed by atoms with E-state index in [4.69, 9.17) is 17.3 Å². The summed E-state index contributed by atoms with van der Waals surface area (Å²) in [5.41, 5.74) is 6.24. The van der Waals surface area contributed by atoms with Crippen LogP contribution in [0.25, 0.3) is 0 Å². The highest BCUT2D eigenvalue weighted by molar-refractivity contribution is 7.89. The Morgan fingerprint density at radius 1 is 1.47 bits per heavy atom. The first-order valence-electron chi connectivity index (χ1n) is 5.40. The Balaban J connectivity index is 2.89. The molecular formula is C11H15ClN2O4S. The van der Waals surface area contributed by atoms with Gasteiger partial charge in [-0.25, -0.2) is 13.1 Å². The summed E-state index contributed by atoms with van der Waals surface area (Å²) in [6.45, 7) is 1.57. The molecule has 0 aromatic heterocycles. The van der Waals surface area contributed by atoms with Crippen LogP contribution in [0.3, 0.4) is 0 Å². The number of rotatable bonds is 5. The van der Waals surface area contributed by atoms with E-state index in [1.54, 1.807) is 6.92 Å². The molecule has 6 nitrogen and oxygen atoms in total. The van der Waals surface area contributed by atoms with Crippen LogP contribution in [0.2, 0.25) is 5.02 Å². The molecule has 0 aliphatic carbocycles. The molecule has 1 rings (SSSR count). The number of benzene rings is 1. The number of aryl methyl sites for hydroxylation is 1. The molecule has 0 fully saturated rings. The smallest absolute Gasteiger partial charge is 0.306 e. The van der Waals surface area contributed by atoms with Crippen molar-refractivity contribution >= 4 is 33.3 Å². The number of esters is 1. The van der Waals surface area contributed by atoms with Gasteiger partial charge in [0.2, 0.25) is 10.0 Å². The summed E-state index contributed by atoms with van der Waals surface area (Å²) in [6, 6.07) is 2.77. The van der Waals surface area contributed by atoms with E-state index in [2.05, 4.69) is 9.46 Å². The number of nitrogens with two attached hydrogens (primary N) is 1. The Morgan fingerprint density at radius 2 is 2.11 bits per heavy atom. The number of ether oxygens (including phenoxy) is 1. The largest absolute Gasteiger partial charge is 0.469 e. The van der Waals surface area contributed by atoms with Crippen molar-refractivity contribution in [2.24, 2.45) is 0 Å². The monoisotopic (exact) mass is 306 g/mol. The lowest BCUT2D eigenvalue weighted by atomic mass is 10.2. The summed E-state index contributed by atoms with van der Waals surface area (Å²) >= 11 is 5.80. The van der Waals surface area contributed by atoms with Gasteiger partial charge in [0.25, 0.3) is 0 Å². The molecule has 1 aromatic rings. The van der Waals surface area contributed by atoms with Crippen molar-refractivity contribution in [1.29, 1.82) is 0 Å². The highest BCUT2D eigenvalue weighted by atomic mass is 35.5. The Kier molecular flexibility index (Phi) is 5.16. The summed E-state index contributed by atoms with van der Waals surface area (Å²) in [7, 11) is -2.49. The van der Waals surface area contributed by atoms with Crippen molar-refractivity contribution in [3.8, 4) is 0 Å². The van der Waals surface area contributed by atoms with Crippen LogP contribution in [0.5, 0.6) is 0 Å². The normalized spacial score (nSPS) is 11.3. The number of halogens is 1. The van der Waals surface area contributed by atoms with Crippen LogP contribution in [-0.2, 0) is 19.6 Å². The van der Waals surface area contributed by atoms with E-state index in [9.17, 15) is 13.2 Å². The summed E-state index contributed by atoms with van der Waals surface area (Å²) in [4.78, 5) is 10.9. The number of hydrogen-bond donors (Lipinski definition) is 2. The number of methoxy groups -OCH3 is 1. The predicted molar refractivity (Wildman–Crippen MR) is 72.4 cm³/mol. The lowest BCUT2D eigenvalue weighted by molar-refractivity contribution is -0.140. The maximum absolute atomic E-state index is 12.0. The quantitative estimate of drug-likeness (QED) is 0.626. The second kappa shape index (κ2) is 6.23. The number of hydrogen-bond acceptors (Lipinski definition) is 5. The molecule has 0 atom stereocenters. The molecule has 0 bridgehead atoms. The Hall–Kier alpha value is -1.31. The number of sulfonamides is 1. The van der Waals surface area contributed by atoms with E-state index < -0.39 is 16.0 Å². The van der Waals surface area contributed by atoms with Crippen LogP contribution < -0.4 is 10.5 Å². The van der Waals surface area contributed by atoms with E-state index in [0.29, 0.717) is 10.6 Å². The van der Waals surface area contributed by atoms with Gasteiger partial charge in [0.1, 0.15) is 0 Å². The number of carbonyl (C=O) groups excluding carboxylic acids is 1. The first kappa shape index (κ1) is 15.7. The molecule has 0 aliphatic rings. The summed E-state index contributed by atoms with van der Waals surface area (Å²) in [5, 5.41) is 0.297. The molecule has 0 saturated carbocycles. The molecule has 0 spiro atoms. The molecule has 0 heterocycles. The highest BCUT2D eigenvalue weighted by Crippen LogP contribution is 2.25. The standard InChI is InChI=1S/C11H15ClN2O4S/c1-7-5-8(12)9(13)6-10(7)19(16,17)14-4-3-11(15)18-2/h5-6,14H,3-4,13H2,1-2H3. The van der Waals surface area contributed by atoms with E-state index in [-0.39, 0.29) is 23.5 Å². The fourth-order valence-corrected chi connectivity index (χ4v) is 2.93. The molecule has 1 aromatic carbocycles. The predicted octanol–water partition coefficient (Wildman–Crippen LogP) is 1.07. The summed E-state index contributed by atoms with van der Waals surface area (Å²) in [6.07, 6.45) is -0.0438. The molecule has 0 unspecified atom stereocenters. The van der Waals surface area contributed by atoms with Gasteiger partial charge in [-0.1, -0.05) is 11.6 Å². The fourth-order valence-electron chi connectivity index (χ4n) is 1.43. The van der Waals surface area contributed by atoms with Crippen molar-refractivity contribution in [1.82, 2.24) is 4.72 Å². The second-order valence-electron chi connectivity index (χ2n) is 3.86. The minimum atomic E-state index is -3.73. The van der Waals surface area contributed by atoms with Crippen molar-refractivity contribution in [3.63, 3.8) is 0 Å². The molecule has 0 amide bonds. The van der Waals surface area contributed by atoms with Gasteiger partial charge in [-0.15, -0.1) is 0 Å². The van der Waals surface area contributed by atoms with Crippen molar-refractivity contribution < 1.29 is 17.9 Å². The highest BCUT2D eigenvalue weighted by Gasteiger charge is 2.18. The number of nitrogens with one attached hydrogen (secondary N) is 1. The zero-order valence-electron chi connectivity index (χ0n) is 10.6. The van der Waals surface area contributed by atoms with Crippen molar-refractivity contribution in [2.45, 2.75) is 18.2 Å². The fraction of sp³-hybridized carbons (Fsp3) is 0.364. The second-order valence-corrected chi connectivity index (χ2v) is 6.01. The zero-order chi connectivity index (χ0) is 14.6. The van der Waals surface area contributed by atoms with E-state index in [1.807, 2.05) is 0 Å². The van der Waals surface area contributed by atoms with Gasteiger partial charge in [-0.05, 0) is 24.6 Å². The van der Waals surface area contributed by atoms with E-state index >= 15 is 0 Å². The average molecular weight is 307 g/mol. The molecule has 106 valence electrons. The molecule has 0 radical (unpaired) electrons. The van der Waals surface area contributed by atoms with Crippen LogP contribution in [0.15, 0.2) is 17.0 Å². The van der Waals surface area contributed by atoms with Crippen LogP contribution in [0.1, 0.15) is 12.0 Å². The maximum Gasteiger partial charge on any atom is 0.306 e. The van der Waals surface area contributed by atoms with Gasteiger partial charge in [0.05, 0.1) is 29.1 Å².